The van der Waals surface area contributed by atoms with E-state index in [1.807, 2.05) is 18.2 Å². The predicted octanol–water partition coefficient (Wildman–Crippen LogP) is 4.10. The quantitative estimate of drug-likeness (QED) is 0.603. The molecule has 17 heavy (non-hydrogen) atoms. The van der Waals surface area contributed by atoms with Gasteiger partial charge in [0.1, 0.15) is 11.4 Å². The molecular formula is C13H8ClNO2. The van der Waals surface area contributed by atoms with E-state index in [-0.39, 0.29) is 0 Å². The Bertz CT molecular complexity index is 563. The maximum atomic E-state index is 10.3. The fourth-order valence-electron chi connectivity index (χ4n) is 1.33. The Balaban J connectivity index is 2.37. The van der Waals surface area contributed by atoms with Gasteiger partial charge in [-0.3, -0.25) is 0 Å². The molecule has 0 N–H and O–H groups in total. The molecule has 84 valence electrons. The van der Waals surface area contributed by atoms with E-state index in [2.05, 4.69) is 4.99 Å². The summed E-state index contributed by atoms with van der Waals surface area (Å²) in [5, 5.41) is 0.515. The first kappa shape index (κ1) is 11.4. The van der Waals surface area contributed by atoms with Crippen molar-refractivity contribution in [1.29, 1.82) is 0 Å². The summed E-state index contributed by atoms with van der Waals surface area (Å²) < 4.78 is 5.59. The maximum absolute atomic E-state index is 10.3. The molecule has 0 unspecified atom stereocenters. The number of isocyanates is 1. The zero-order chi connectivity index (χ0) is 12.1. The Morgan fingerprint density at radius 1 is 1.12 bits per heavy atom. The molecule has 0 amide bonds. The second-order valence-corrected chi connectivity index (χ2v) is 3.67. The van der Waals surface area contributed by atoms with Gasteiger partial charge in [-0.2, -0.15) is 4.99 Å². The number of hydrogen-bond donors (Lipinski definition) is 0. The summed E-state index contributed by atoms with van der Waals surface area (Å²) >= 11 is 5.86. The van der Waals surface area contributed by atoms with Gasteiger partial charge in [-0.15, -0.1) is 0 Å². The maximum Gasteiger partial charge on any atom is 0.240 e. The molecule has 0 saturated carbocycles. The number of halogens is 1. The van der Waals surface area contributed by atoms with Crippen LogP contribution in [0.4, 0.5) is 5.69 Å². The molecule has 2 rings (SSSR count). The summed E-state index contributed by atoms with van der Waals surface area (Å²) in [6.07, 6.45) is 1.48. The molecule has 0 spiro atoms. The van der Waals surface area contributed by atoms with Crippen LogP contribution in [0.2, 0.25) is 5.02 Å². The van der Waals surface area contributed by atoms with E-state index in [1.165, 1.54) is 6.08 Å². The van der Waals surface area contributed by atoms with Crippen molar-refractivity contribution in [3.63, 3.8) is 0 Å². The number of benzene rings is 2. The summed E-state index contributed by atoms with van der Waals surface area (Å²) in [5.74, 6) is 1.07. The van der Waals surface area contributed by atoms with Crippen molar-refractivity contribution in [2.75, 3.05) is 0 Å². The molecule has 0 bridgehead atoms. The molecular weight excluding hydrogens is 238 g/mol. The minimum Gasteiger partial charge on any atom is -0.455 e. The summed E-state index contributed by atoms with van der Waals surface area (Å²) in [4.78, 5) is 13.8. The van der Waals surface area contributed by atoms with Crippen LogP contribution in [0.3, 0.4) is 0 Å². The minimum absolute atomic E-state index is 0.397. The van der Waals surface area contributed by atoms with Crippen LogP contribution in [-0.2, 0) is 4.79 Å². The Morgan fingerprint density at radius 2 is 1.88 bits per heavy atom. The molecule has 0 heterocycles. The highest BCUT2D eigenvalue weighted by molar-refractivity contribution is 6.30. The first-order valence-electron chi connectivity index (χ1n) is 4.90. The highest BCUT2D eigenvalue weighted by atomic mass is 35.5. The molecule has 0 saturated heterocycles. The molecule has 2 aromatic carbocycles. The second-order valence-electron chi connectivity index (χ2n) is 3.23. The fraction of sp³-hybridized carbons (Fsp3) is 0. The summed E-state index contributed by atoms with van der Waals surface area (Å²) in [7, 11) is 0. The van der Waals surface area contributed by atoms with E-state index >= 15 is 0 Å². The number of hydrogen-bond acceptors (Lipinski definition) is 3. The molecule has 2 aromatic rings. The number of aliphatic imine (C=N–C) groups is 1. The van der Waals surface area contributed by atoms with Crippen LogP contribution in [0.15, 0.2) is 53.5 Å². The summed E-state index contributed by atoms with van der Waals surface area (Å²) in [6, 6.07) is 14.0. The number of nitrogens with zero attached hydrogens (tertiary/aromatic N) is 1. The molecule has 4 heteroatoms. The van der Waals surface area contributed by atoms with E-state index in [1.54, 1.807) is 30.3 Å². The highest BCUT2D eigenvalue weighted by Gasteiger charge is 2.05. The number of para-hydroxylation sites is 1. The largest absolute Gasteiger partial charge is 0.455 e. The Labute approximate surface area is 103 Å². The Kier molecular flexibility index (Phi) is 3.55. The summed E-state index contributed by atoms with van der Waals surface area (Å²) in [6.45, 7) is 0. The van der Waals surface area contributed by atoms with E-state index in [0.717, 1.165) is 0 Å². The Morgan fingerprint density at radius 3 is 2.59 bits per heavy atom. The van der Waals surface area contributed by atoms with E-state index in [0.29, 0.717) is 22.2 Å². The van der Waals surface area contributed by atoms with Crippen molar-refractivity contribution in [1.82, 2.24) is 0 Å². The van der Waals surface area contributed by atoms with Gasteiger partial charge >= 0.3 is 0 Å². The second kappa shape index (κ2) is 5.30. The number of rotatable bonds is 3. The molecule has 3 nitrogen and oxygen atoms in total. The van der Waals surface area contributed by atoms with Crippen LogP contribution in [0.25, 0.3) is 0 Å². The van der Waals surface area contributed by atoms with Crippen molar-refractivity contribution < 1.29 is 9.53 Å². The molecule has 0 aliphatic carbocycles. The van der Waals surface area contributed by atoms with Crippen LogP contribution in [0, 0.1) is 0 Å². The lowest BCUT2D eigenvalue weighted by molar-refractivity contribution is 0.484. The third-order valence-electron chi connectivity index (χ3n) is 2.06. The van der Waals surface area contributed by atoms with Gasteiger partial charge in [0.25, 0.3) is 0 Å². The first-order valence-corrected chi connectivity index (χ1v) is 5.28. The van der Waals surface area contributed by atoms with Crippen molar-refractivity contribution in [2.45, 2.75) is 0 Å². The third kappa shape index (κ3) is 2.94. The van der Waals surface area contributed by atoms with Gasteiger partial charge in [0.2, 0.25) is 6.08 Å². The van der Waals surface area contributed by atoms with Crippen LogP contribution >= 0.6 is 11.6 Å². The van der Waals surface area contributed by atoms with Gasteiger partial charge in [-0.1, -0.05) is 29.8 Å². The van der Waals surface area contributed by atoms with Crippen molar-refractivity contribution >= 4 is 23.4 Å². The standard InChI is InChI=1S/C13H8ClNO2/c14-10-6-7-12(15-9-16)13(8-10)17-11-4-2-1-3-5-11/h1-8H. The van der Waals surface area contributed by atoms with Crippen LogP contribution < -0.4 is 4.74 Å². The smallest absolute Gasteiger partial charge is 0.240 e. The summed E-state index contributed by atoms with van der Waals surface area (Å²) in [5.41, 5.74) is 0.397. The zero-order valence-corrected chi connectivity index (χ0v) is 9.52. The predicted molar refractivity (Wildman–Crippen MR) is 65.7 cm³/mol. The zero-order valence-electron chi connectivity index (χ0n) is 8.76. The minimum atomic E-state index is 0.397. The van der Waals surface area contributed by atoms with E-state index in [4.69, 9.17) is 16.3 Å². The molecule has 0 aliphatic rings. The Hall–Kier alpha value is -2.09. The lowest BCUT2D eigenvalue weighted by atomic mass is 10.3. The van der Waals surface area contributed by atoms with Crippen molar-refractivity contribution in [3.8, 4) is 11.5 Å². The molecule has 0 aromatic heterocycles. The van der Waals surface area contributed by atoms with Gasteiger partial charge in [0, 0.05) is 11.1 Å². The number of carbonyl (C=O) groups excluding carboxylic acids is 1. The van der Waals surface area contributed by atoms with Crippen molar-refractivity contribution in [2.24, 2.45) is 4.99 Å². The third-order valence-corrected chi connectivity index (χ3v) is 2.29. The lowest BCUT2D eigenvalue weighted by Crippen LogP contribution is -1.84. The SMILES string of the molecule is O=C=Nc1ccc(Cl)cc1Oc1ccccc1. The molecule has 0 fully saturated rings. The van der Waals surface area contributed by atoms with E-state index in [9.17, 15) is 4.79 Å². The normalized spacial score (nSPS) is 9.47. The van der Waals surface area contributed by atoms with Gasteiger partial charge in [-0.05, 0) is 24.3 Å². The number of ether oxygens (including phenoxy) is 1. The van der Waals surface area contributed by atoms with Gasteiger partial charge in [-0.25, -0.2) is 4.79 Å². The van der Waals surface area contributed by atoms with Gasteiger partial charge in [0.15, 0.2) is 5.75 Å². The average molecular weight is 246 g/mol. The molecule has 0 aliphatic heterocycles. The van der Waals surface area contributed by atoms with Crippen LogP contribution in [0.5, 0.6) is 11.5 Å². The molecule has 0 atom stereocenters. The fourth-order valence-corrected chi connectivity index (χ4v) is 1.49. The van der Waals surface area contributed by atoms with Gasteiger partial charge in [0.05, 0.1) is 0 Å². The monoisotopic (exact) mass is 245 g/mol. The van der Waals surface area contributed by atoms with Crippen molar-refractivity contribution in [3.05, 3.63) is 53.6 Å². The topological polar surface area (TPSA) is 38.7 Å². The van der Waals surface area contributed by atoms with Crippen LogP contribution in [-0.4, -0.2) is 6.08 Å². The molecule has 0 radical (unpaired) electrons. The lowest BCUT2D eigenvalue weighted by Gasteiger charge is -2.07. The average Bonchev–Trinajstić information content (AvgIpc) is 2.34. The first-order chi connectivity index (χ1) is 8.29. The highest BCUT2D eigenvalue weighted by Crippen LogP contribution is 2.33. The van der Waals surface area contributed by atoms with Crippen LogP contribution in [0.1, 0.15) is 0 Å². The van der Waals surface area contributed by atoms with Gasteiger partial charge < -0.3 is 4.74 Å². The van der Waals surface area contributed by atoms with E-state index < -0.39 is 0 Å².